The molecule has 14 heavy (non-hydrogen) atoms. The minimum atomic E-state index is -0.703. The van der Waals surface area contributed by atoms with Crippen LogP contribution in [0.15, 0.2) is 0 Å². The van der Waals surface area contributed by atoms with Gasteiger partial charge in [-0.2, -0.15) is 0 Å². The van der Waals surface area contributed by atoms with E-state index in [-0.39, 0.29) is 12.1 Å². The number of aliphatic carboxylic acids is 1. The highest BCUT2D eigenvalue weighted by Gasteiger charge is 2.33. The summed E-state index contributed by atoms with van der Waals surface area (Å²) in [4.78, 5) is 12.9. The smallest absolute Gasteiger partial charge is 0.320 e. The molecule has 0 aromatic heterocycles. The van der Waals surface area contributed by atoms with Crippen LogP contribution < -0.4 is 0 Å². The molecule has 0 spiro atoms. The van der Waals surface area contributed by atoms with Gasteiger partial charge in [-0.05, 0) is 33.2 Å². The maximum atomic E-state index is 10.9. The maximum Gasteiger partial charge on any atom is 0.320 e. The average Bonchev–Trinajstić information content (AvgIpc) is 2.62. The van der Waals surface area contributed by atoms with Gasteiger partial charge in [0.1, 0.15) is 6.04 Å². The third-order valence-corrected chi connectivity index (χ3v) is 2.71. The maximum absolute atomic E-state index is 10.9. The molecule has 82 valence electrons. The molecule has 0 aliphatic carbocycles. The normalized spacial score (nSPS) is 25.1. The molecule has 4 heteroatoms. The molecule has 1 fully saturated rings. The average molecular weight is 201 g/mol. The topological polar surface area (TPSA) is 49.8 Å². The molecule has 1 heterocycles. The second-order valence-electron chi connectivity index (χ2n) is 3.74. The summed E-state index contributed by atoms with van der Waals surface area (Å²) in [6, 6.07) is -0.0935. The van der Waals surface area contributed by atoms with Crippen LogP contribution in [0.3, 0.4) is 0 Å². The van der Waals surface area contributed by atoms with E-state index in [0.717, 1.165) is 19.4 Å². The van der Waals surface area contributed by atoms with E-state index in [9.17, 15) is 4.79 Å². The molecule has 1 saturated heterocycles. The first-order chi connectivity index (χ1) is 6.66. The van der Waals surface area contributed by atoms with Crippen molar-refractivity contribution in [3.63, 3.8) is 0 Å². The predicted octanol–water partition coefficient (Wildman–Crippen LogP) is 0.960. The number of hydrogen-bond donors (Lipinski definition) is 1. The summed E-state index contributed by atoms with van der Waals surface area (Å²) in [5.74, 6) is -0.703. The van der Waals surface area contributed by atoms with Crippen LogP contribution in [0, 0.1) is 0 Å². The molecule has 0 aromatic carbocycles. The zero-order valence-electron chi connectivity index (χ0n) is 8.90. The fraction of sp³-hybridized carbons (Fsp3) is 0.900. The number of likely N-dealkylation sites (tertiary alicyclic amines) is 1. The molecule has 0 saturated carbocycles. The summed E-state index contributed by atoms with van der Waals surface area (Å²) in [6.45, 7) is 6.17. The molecular weight excluding hydrogens is 182 g/mol. The molecule has 0 bridgehead atoms. The summed E-state index contributed by atoms with van der Waals surface area (Å²) in [5.41, 5.74) is 0. The van der Waals surface area contributed by atoms with Crippen LogP contribution in [0.25, 0.3) is 0 Å². The monoisotopic (exact) mass is 201 g/mol. The van der Waals surface area contributed by atoms with Gasteiger partial charge in [0.25, 0.3) is 0 Å². The predicted molar refractivity (Wildman–Crippen MR) is 53.3 cm³/mol. The van der Waals surface area contributed by atoms with Gasteiger partial charge in [0, 0.05) is 12.6 Å². The Morgan fingerprint density at radius 1 is 1.71 bits per heavy atom. The number of carboxylic acids is 1. The Labute approximate surface area is 84.8 Å². The van der Waals surface area contributed by atoms with Crippen LogP contribution >= 0.6 is 0 Å². The van der Waals surface area contributed by atoms with Crippen molar-refractivity contribution in [3.8, 4) is 0 Å². The van der Waals surface area contributed by atoms with Crippen molar-refractivity contribution in [3.05, 3.63) is 0 Å². The van der Waals surface area contributed by atoms with Crippen molar-refractivity contribution < 1.29 is 14.6 Å². The second kappa shape index (κ2) is 5.32. The van der Waals surface area contributed by atoms with Gasteiger partial charge in [-0.15, -0.1) is 0 Å². The SMILES string of the molecule is CCOCC(C)N1CCCC1C(=O)O. The lowest BCUT2D eigenvalue weighted by Gasteiger charge is -2.27. The van der Waals surface area contributed by atoms with Crippen molar-refractivity contribution in [1.29, 1.82) is 0 Å². The van der Waals surface area contributed by atoms with E-state index < -0.39 is 5.97 Å². The molecule has 1 aliphatic heterocycles. The number of carbonyl (C=O) groups is 1. The van der Waals surface area contributed by atoms with Crippen molar-refractivity contribution in [1.82, 2.24) is 4.90 Å². The van der Waals surface area contributed by atoms with Crippen molar-refractivity contribution >= 4 is 5.97 Å². The summed E-state index contributed by atoms with van der Waals surface area (Å²) < 4.78 is 5.30. The minimum Gasteiger partial charge on any atom is -0.480 e. The molecule has 0 radical (unpaired) electrons. The second-order valence-corrected chi connectivity index (χ2v) is 3.74. The van der Waals surface area contributed by atoms with Gasteiger partial charge in [0.15, 0.2) is 0 Å². The third kappa shape index (κ3) is 2.69. The van der Waals surface area contributed by atoms with Gasteiger partial charge in [-0.1, -0.05) is 0 Å². The van der Waals surface area contributed by atoms with E-state index in [1.807, 2.05) is 18.7 Å². The highest BCUT2D eigenvalue weighted by atomic mass is 16.5. The van der Waals surface area contributed by atoms with E-state index in [4.69, 9.17) is 9.84 Å². The molecule has 2 atom stereocenters. The van der Waals surface area contributed by atoms with Crippen molar-refractivity contribution in [2.24, 2.45) is 0 Å². The minimum absolute atomic E-state index is 0.207. The quantitative estimate of drug-likeness (QED) is 0.719. The fourth-order valence-electron chi connectivity index (χ4n) is 1.97. The molecule has 0 amide bonds. The molecule has 1 N–H and O–H groups in total. The van der Waals surface area contributed by atoms with Crippen LogP contribution in [-0.4, -0.2) is 47.8 Å². The first kappa shape index (κ1) is 11.5. The van der Waals surface area contributed by atoms with Crippen LogP contribution in [0.1, 0.15) is 26.7 Å². The van der Waals surface area contributed by atoms with Crippen LogP contribution in [-0.2, 0) is 9.53 Å². The third-order valence-electron chi connectivity index (χ3n) is 2.71. The number of nitrogens with zero attached hydrogens (tertiary/aromatic N) is 1. The Kier molecular flexibility index (Phi) is 4.35. The van der Waals surface area contributed by atoms with Gasteiger partial charge in [0.2, 0.25) is 0 Å². The number of carboxylic acid groups (broad SMARTS) is 1. The molecule has 1 aliphatic rings. The van der Waals surface area contributed by atoms with E-state index in [1.54, 1.807) is 0 Å². The van der Waals surface area contributed by atoms with E-state index in [2.05, 4.69) is 0 Å². The Balaban J connectivity index is 2.44. The van der Waals surface area contributed by atoms with Gasteiger partial charge in [0.05, 0.1) is 6.61 Å². The van der Waals surface area contributed by atoms with Gasteiger partial charge in [-0.3, -0.25) is 9.69 Å². The first-order valence-corrected chi connectivity index (χ1v) is 5.23. The van der Waals surface area contributed by atoms with Gasteiger partial charge < -0.3 is 9.84 Å². The van der Waals surface area contributed by atoms with E-state index in [1.165, 1.54) is 0 Å². The Hall–Kier alpha value is -0.610. The zero-order chi connectivity index (χ0) is 10.6. The summed E-state index contributed by atoms with van der Waals surface area (Å²) in [6.07, 6.45) is 1.75. The van der Waals surface area contributed by atoms with Gasteiger partial charge >= 0.3 is 5.97 Å². The number of rotatable bonds is 5. The van der Waals surface area contributed by atoms with E-state index >= 15 is 0 Å². The molecular formula is C10H19NO3. The lowest BCUT2D eigenvalue weighted by molar-refractivity contribution is -0.143. The van der Waals surface area contributed by atoms with Gasteiger partial charge in [-0.25, -0.2) is 0 Å². The largest absolute Gasteiger partial charge is 0.480 e. The fourth-order valence-corrected chi connectivity index (χ4v) is 1.97. The molecule has 4 nitrogen and oxygen atoms in total. The first-order valence-electron chi connectivity index (χ1n) is 5.23. The molecule has 2 unspecified atom stereocenters. The standard InChI is InChI=1S/C10H19NO3/c1-3-14-7-8(2)11-6-4-5-9(11)10(12)13/h8-9H,3-7H2,1-2H3,(H,12,13). The number of ether oxygens (including phenoxy) is 1. The molecule has 1 rings (SSSR count). The Morgan fingerprint density at radius 2 is 2.43 bits per heavy atom. The van der Waals surface area contributed by atoms with Crippen molar-refractivity contribution in [2.75, 3.05) is 19.8 Å². The van der Waals surface area contributed by atoms with Crippen LogP contribution in [0.2, 0.25) is 0 Å². The van der Waals surface area contributed by atoms with E-state index in [0.29, 0.717) is 13.2 Å². The Morgan fingerprint density at radius 3 is 3.00 bits per heavy atom. The zero-order valence-corrected chi connectivity index (χ0v) is 8.90. The lowest BCUT2D eigenvalue weighted by Crippen LogP contribution is -2.43. The molecule has 0 aromatic rings. The Bertz CT molecular complexity index is 196. The van der Waals surface area contributed by atoms with Crippen molar-refractivity contribution in [2.45, 2.75) is 38.8 Å². The van der Waals surface area contributed by atoms with Crippen LogP contribution in [0.5, 0.6) is 0 Å². The summed E-state index contributed by atoms with van der Waals surface area (Å²) >= 11 is 0. The number of hydrogen-bond acceptors (Lipinski definition) is 3. The summed E-state index contributed by atoms with van der Waals surface area (Å²) in [7, 11) is 0. The lowest BCUT2D eigenvalue weighted by atomic mass is 10.2. The van der Waals surface area contributed by atoms with Crippen LogP contribution in [0.4, 0.5) is 0 Å². The summed E-state index contributed by atoms with van der Waals surface area (Å²) in [5, 5.41) is 8.98. The highest BCUT2D eigenvalue weighted by molar-refractivity contribution is 5.73. The highest BCUT2D eigenvalue weighted by Crippen LogP contribution is 2.20.